The number of rotatable bonds is 3. The minimum atomic E-state index is 0.161. The van der Waals surface area contributed by atoms with Crippen LogP contribution in [-0.4, -0.2) is 24.0 Å². The van der Waals surface area contributed by atoms with Gasteiger partial charge in [0.2, 0.25) is 0 Å². The molecule has 0 radical (unpaired) electrons. The van der Waals surface area contributed by atoms with E-state index in [0.717, 1.165) is 18.5 Å². The lowest BCUT2D eigenvalue weighted by molar-refractivity contribution is 0.106. The second kappa shape index (κ2) is 5.87. The van der Waals surface area contributed by atoms with Crippen LogP contribution in [0.5, 0.6) is 0 Å². The highest BCUT2D eigenvalue weighted by molar-refractivity contribution is 5.31. The van der Waals surface area contributed by atoms with Crippen molar-refractivity contribution in [3.63, 3.8) is 0 Å². The summed E-state index contributed by atoms with van der Waals surface area (Å²) < 4.78 is 0. The summed E-state index contributed by atoms with van der Waals surface area (Å²) in [5.41, 5.74) is 10.5. The van der Waals surface area contributed by atoms with Crippen molar-refractivity contribution < 1.29 is 0 Å². The zero-order valence-corrected chi connectivity index (χ0v) is 12.9. The number of hydrogen-bond acceptors (Lipinski definition) is 2. The van der Waals surface area contributed by atoms with Crippen molar-refractivity contribution >= 4 is 0 Å². The Kier molecular flexibility index (Phi) is 4.13. The third-order valence-corrected chi connectivity index (χ3v) is 5.50. The number of likely N-dealkylation sites (tertiary alicyclic amines) is 1. The molecular formula is C18H28N2. The molecule has 2 aliphatic rings. The van der Waals surface area contributed by atoms with Gasteiger partial charge in [-0.1, -0.05) is 24.6 Å². The number of piperidine rings is 1. The molecule has 0 spiro atoms. The standard InChI is InChI=1S/C18H28N2/c1-13-8-9-16(11-14(13)2)17(19)12-20-10-4-6-15-5-3-7-18(15)20/h8-9,11,15,17-18H,3-7,10,12,19H2,1-2H3. The summed E-state index contributed by atoms with van der Waals surface area (Å²) in [5, 5.41) is 0. The van der Waals surface area contributed by atoms with Gasteiger partial charge in [-0.05, 0) is 68.7 Å². The molecule has 0 amide bonds. The Morgan fingerprint density at radius 2 is 1.95 bits per heavy atom. The Morgan fingerprint density at radius 3 is 2.75 bits per heavy atom. The fourth-order valence-corrected chi connectivity index (χ4v) is 4.14. The molecule has 1 saturated carbocycles. The number of nitrogens with zero attached hydrogens (tertiary/aromatic N) is 1. The number of fused-ring (bicyclic) bond motifs is 1. The highest BCUT2D eigenvalue weighted by Gasteiger charge is 2.35. The molecule has 2 heteroatoms. The van der Waals surface area contributed by atoms with Gasteiger partial charge < -0.3 is 5.73 Å². The molecular weight excluding hydrogens is 244 g/mol. The summed E-state index contributed by atoms with van der Waals surface area (Å²) in [6.07, 6.45) is 7.07. The number of nitrogens with two attached hydrogens (primary N) is 1. The molecule has 0 bridgehead atoms. The van der Waals surface area contributed by atoms with E-state index in [1.165, 1.54) is 55.3 Å². The molecule has 1 heterocycles. The second-order valence-electron chi connectivity index (χ2n) is 6.85. The summed E-state index contributed by atoms with van der Waals surface area (Å²) >= 11 is 0. The SMILES string of the molecule is Cc1ccc(C(N)CN2CCCC3CCCC32)cc1C. The summed E-state index contributed by atoms with van der Waals surface area (Å²) in [4.78, 5) is 2.68. The van der Waals surface area contributed by atoms with Gasteiger partial charge in [0.05, 0.1) is 0 Å². The van der Waals surface area contributed by atoms with Crippen molar-refractivity contribution in [2.75, 3.05) is 13.1 Å². The minimum Gasteiger partial charge on any atom is -0.323 e. The van der Waals surface area contributed by atoms with Gasteiger partial charge in [0.15, 0.2) is 0 Å². The minimum absolute atomic E-state index is 0.161. The molecule has 2 fully saturated rings. The molecule has 110 valence electrons. The van der Waals surface area contributed by atoms with E-state index in [2.05, 4.69) is 36.9 Å². The lowest BCUT2D eigenvalue weighted by Crippen LogP contribution is -2.45. The van der Waals surface area contributed by atoms with Crippen molar-refractivity contribution in [3.8, 4) is 0 Å². The summed E-state index contributed by atoms with van der Waals surface area (Å²) in [6.45, 7) is 6.63. The Hall–Kier alpha value is -0.860. The molecule has 3 unspecified atom stereocenters. The smallest absolute Gasteiger partial charge is 0.0424 e. The monoisotopic (exact) mass is 272 g/mol. The van der Waals surface area contributed by atoms with E-state index in [4.69, 9.17) is 5.73 Å². The van der Waals surface area contributed by atoms with Crippen molar-refractivity contribution in [1.29, 1.82) is 0 Å². The van der Waals surface area contributed by atoms with Crippen molar-refractivity contribution in [3.05, 3.63) is 34.9 Å². The first-order valence-electron chi connectivity index (χ1n) is 8.22. The van der Waals surface area contributed by atoms with Crippen LogP contribution < -0.4 is 5.73 Å². The van der Waals surface area contributed by atoms with E-state index in [-0.39, 0.29) is 6.04 Å². The van der Waals surface area contributed by atoms with Gasteiger partial charge >= 0.3 is 0 Å². The fraction of sp³-hybridized carbons (Fsp3) is 0.667. The van der Waals surface area contributed by atoms with Gasteiger partial charge in [0, 0.05) is 18.6 Å². The molecule has 1 aliphatic heterocycles. The van der Waals surface area contributed by atoms with Crippen LogP contribution in [0.1, 0.15) is 54.8 Å². The normalized spacial score (nSPS) is 28.4. The maximum atomic E-state index is 6.49. The van der Waals surface area contributed by atoms with Crippen LogP contribution in [-0.2, 0) is 0 Å². The highest BCUT2D eigenvalue weighted by atomic mass is 15.2. The highest BCUT2D eigenvalue weighted by Crippen LogP contribution is 2.37. The van der Waals surface area contributed by atoms with E-state index in [1.54, 1.807) is 0 Å². The largest absolute Gasteiger partial charge is 0.323 e. The fourth-order valence-electron chi connectivity index (χ4n) is 4.14. The quantitative estimate of drug-likeness (QED) is 0.911. The van der Waals surface area contributed by atoms with Gasteiger partial charge in [-0.25, -0.2) is 0 Å². The molecule has 1 saturated heterocycles. The maximum Gasteiger partial charge on any atom is 0.0424 e. The number of hydrogen-bond donors (Lipinski definition) is 1. The van der Waals surface area contributed by atoms with Crippen LogP contribution in [0.4, 0.5) is 0 Å². The zero-order chi connectivity index (χ0) is 14.1. The molecule has 3 rings (SSSR count). The Morgan fingerprint density at radius 1 is 1.15 bits per heavy atom. The molecule has 2 N–H and O–H groups in total. The lowest BCUT2D eigenvalue weighted by Gasteiger charge is -2.39. The summed E-state index contributed by atoms with van der Waals surface area (Å²) in [7, 11) is 0. The van der Waals surface area contributed by atoms with Gasteiger partial charge in [0.25, 0.3) is 0 Å². The van der Waals surface area contributed by atoms with E-state index in [9.17, 15) is 0 Å². The van der Waals surface area contributed by atoms with Gasteiger partial charge in [-0.3, -0.25) is 4.90 Å². The van der Waals surface area contributed by atoms with Gasteiger partial charge in [-0.15, -0.1) is 0 Å². The van der Waals surface area contributed by atoms with Crippen LogP contribution in [0.3, 0.4) is 0 Å². The first kappa shape index (κ1) is 14.1. The molecule has 2 nitrogen and oxygen atoms in total. The van der Waals surface area contributed by atoms with Gasteiger partial charge in [-0.2, -0.15) is 0 Å². The molecule has 0 aromatic heterocycles. The summed E-state index contributed by atoms with van der Waals surface area (Å²) in [6, 6.07) is 7.67. The Bertz CT molecular complexity index is 468. The Labute approximate surface area is 123 Å². The first-order valence-corrected chi connectivity index (χ1v) is 8.22. The second-order valence-corrected chi connectivity index (χ2v) is 6.85. The Balaban J connectivity index is 1.68. The maximum absolute atomic E-state index is 6.49. The van der Waals surface area contributed by atoms with E-state index in [0.29, 0.717) is 0 Å². The topological polar surface area (TPSA) is 29.3 Å². The lowest BCUT2D eigenvalue weighted by atomic mass is 9.91. The van der Waals surface area contributed by atoms with Crippen LogP contribution in [0.15, 0.2) is 18.2 Å². The van der Waals surface area contributed by atoms with Crippen LogP contribution >= 0.6 is 0 Å². The van der Waals surface area contributed by atoms with Crippen LogP contribution in [0, 0.1) is 19.8 Å². The molecule has 20 heavy (non-hydrogen) atoms. The van der Waals surface area contributed by atoms with E-state index in [1.807, 2.05) is 0 Å². The van der Waals surface area contributed by atoms with Crippen LogP contribution in [0.2, 0.25) is 0 Å². The number of aryl methyl sites for hydroxylation is 2. The van der Waals surface area contributed by atoms with E-state index >= 15 is 0 Å². The van der Waals surface area contributed by atoms with Crippen molar-refractivity contribution in [1.82, 2.24) is 4.90 Å². The van der Waals surface area contributed by atoms with Crippen LogP contribution in [0.25, 0.3) is 0 Å². The average molecular weight is 272 g/mol. The zero-order valence-electron chi connectivity index (χ0n) is 12.9. The summed E-state index contributed by atoms with van der Waals surface area (Å²) in [5.74, 6) is 0.954. The molecule has 3 atom stereocenters. The van der Waals surface area contributed by atoms with E-state index < -0.39 is 0 Å². The van der Waals surface area contributed by atoms with Crippen molar-refractivity contribution in [2.24, 2.45) is 11.7 Å². The van der Waals surface area contributed by atoms with Gasteiger partial charge in [0.1, 0.15) is 0 Å². The third-order valence-electron chi connectivity index (χ3n) is 5.50. The predicted octanol–water partition coefficient (Wildman–Crippen LogP) is 3.57. The average Bonchev–Trinajstić information content (AvgIpc) is 2.91. The third kappa shape index (κ3) is 2.77. The molecule has 1 aromatic carbocycles. The predicted molar refractivity (Wildman–Crippen MR) is 84.8 cm³/mol. The number of benzene rings is 1. The molecule has 1 aromatic rings. The van der Waals surface area contributed by atoms with Crippen molar-refractivity contribution in [2.45, 2.75) is 58.0 Å². The molecule has 1 aliphatic carbocycles. The first-order chi connectivity index (χ1) is 9.65.